The number of ether oxygens (including phenoxy) is 1. The Morgan fingerprint density at radius 3 is 2.23 bits per heavy atom. The van der Waals surface area contributed by atoms with E-state index >= 15 is 0 Å². The molecule has 1 aliphatic heterocycles. The molecule has 0 radical (unpaired) electrons. The lowest BCUT2D eigenvalue weighted by molar-refractivity contribution is 0.0982. The Morgan fingerprint density at radius 2 is 1.49 bits per heavy atom. The van der Waals surface area contributed by atoms with Gasteiger partial charge in [0.1, 0.15) is 5.75 Å². The van der Waals surface area contributed by atoms with Crippen LogP contribution >= 0.6 is 11.6 Å². The third-order valence-electron chi connectivity index (χ3n) is 6.17. The van der Waals surface area contributed by atoms with E-state index in [0.717, 1.165) is 23.2 Å². The number of benzene rings is 4. The van der Waals surface area contributed by atoms with Crippen molar-refractivity contribution in [3.63, 3.8) is 0 Å². The zero-order valence-electron chi connectivity index (χ0n) is 19.1. The number of carbonyl (C=O) groups excluding carboxylic acids is 2. The average Bonchev–Trinajstić information content (AvgIpc) is 3.06. The van der Waals surface area contributed by atoms with Gasteiger partial charge in [-0.25, -0.2) is 0 Å². The normalized spacial score (nSPS) is 12.2. The van der Waals surface area contributed by atoms with Crippen LogP contribution in [0.2, 0.25) is 5.02 Å². The zero-order valence-corrected chi connectivity index (χ0v) is 19.9. The molecule has 6 heteroatoms. The summed E-state index contributed by atoms with van der Waals surface area (Å²) < 4.78 is 5.20. The van der Waals surface area contributed by atoms with E-state index in [-0.39, 0.29) is 11.8 Å². The van der Waals surface area contributed by atoms with Crippen molar-refractivity contribution in [3.05, 3.63) is 124 Å². The summed E-state index contributed by atoms with van der Waals surface area (Å²) in [7, 11) is 1.55. The molecule has 0 spiro atoms. The summed E-state index contributed by atoms with van der Waals surface area (Å²) in [6.45, 7) is 0.489. The Bertz CT molecular complexity index is 1420. The van der Waals surface area contributed by atoms with Crippen LogP contribution in [0.15, 0.2) is 91.0 Å². The smallest absolute Gasteiger partial charge is 0.258 e. The second kappa shape index (κ2) is 9.65. The summed E-state index contributed by atoms with van der Waals surface area (Å²) in [6, 6.07) is 27.9. The van der Waals surface area contributed by atoms with Gasteiger partial charge >= 0.3 is 0 Å². The number of methoxy groups -OCH3 is 1. The fourth-order valence-electron chi connectivity index (χ4n) is 4.29. The van der Waals surface area contributed by atoms with Gasteiger partial charge in [-0.3, -0.25) is 9.59 Å². The maximum Gasteiger partial charge on any atom is 0.258 e. The Morgan fingerprint density at radius 1 is 0.829 bits per heavy atom. The van der Waals surface area contributed by atoms with Crippen LogP contribution in [0.4, 0.5) is 11.4 Å². The number of hydrogen-bond donors (Lipinski definition) is 1. The number of hydrogen-bond acceptors (Lipinski definition) is 3. The molecule has 4 aromatic rings. The Kier molecular flexibility index (Phi) is 6.25. The number of para-hydroxylation sites is 1. The number of amides is 2. The van der Waals surface area contributed by atoms with E-state index in [4.69, 9.17) is 16.3 Å². The van der Waals surface area contributed by atoms with Crippen LogP contribution in [-0.2, 0) is 13.0 Å². The number of halogens is 1. The fraction of sp³-hybridized carbons (Fsp3) is 0.103. The highest BCUT2D eigenvalue weighted by molar-refractivity contribution is 6.34. The highest BCUT2D eigenvalue weighted by Gasteiger charge is 2.25. The Labute approximate surface area is 208 Å². The topological polar surface area (TPSA) is 58.6 Å². The van der Waals surface area contributed by atoms with Crippen LogP contribution in [0.5, 0.6) is 5.75 Å². The molecule has 0 atom stereocenters. The van der Waals surface area contributed by atoms with Crippen molar-refractivity contribution in [1.29, 1.82) is 0 Å². The van der Waals surface area contributed by atoms with Gasteiger partial charge in [0.05, 0.1) is 24.4 Å². The molecule has 0 aromatic heterocycles. The van der Waals surface area contributed by atoms with Crippen LogP contribution in [0, 0.1) is 0 Å². The van der Waals surface area contributed by atoms with Gasteiger partial charge in [0.25, 0.3) is 11.8 Å². The van der Waals surface area contributed by atoms with Crippen molar-refractivity contribution in [2.75, 3.05) is 17.3 Å². The molecule has 5 rings (SSSR count). The number of anilines is 2. The summed E-state index contributed by atoms with van der Waals surface area (Å²) in [5, 5.41) is 3.21. The summed E-state index contributed by atoms with van der Waals surface area (Å²) in [5.41, 5.74) is 5.75. The highest BCUT2D eigenvalue weighted by atomic mass is 35.5. The second-order valence-electron chi connectivity index (χ2n) is 8.34. The predicted octanol–water partition coefficient (Wildman–Crippen LogP) is 6.35. The lowest BCUT2D eigenvalue weighted by Gasteiger charge is -2.23. The quantitative estimate of drug-likeness (QED) is 0.368. The predicted molar refractivity (Wildman–Crippen MR) is 139 cm³/mol. The number of carbonyl (C=O) groups is 2. The average molecular weight is 483 g/mol. The minimum absolute atomic E-state index is 0.114. The van der Waals surface area contributed by atoms with E-state index in [9.17, 15) is 9.59 Å². The van der Waals surface area contributed by atoms with Gasteiger partial charge in [-0.15, -0.1) is 0 Å². The van der Waals surface area contributed by atoms with Crippen molar-refractivity contribution in [2.45, 2.75) is 13.0 Å². The van der Waals surface area contributed by atoms with Crippen molar-refractivity contribution >= 4 is 34.8 Å². The summed E-state index contributed by atoms with van der Waals surface area (Å²) in [4.78, 5) is 28.2. The molecule has 1 heterocycles. The number of nitrogens with one attached hydrogen (secondary N) is 1. The summed E-state index contributed by atoms with van der Waals surface area (Å²) in [6.07, 6.45) is 0.780. The van der Waals surface area contributed by atoms with Crippen LogP contribution < -0.4 is 15.0 Å². The fourth-order valence-corrected chi connectivity index (χ4v) is 4.46. The molecule has 1 aliphatic rings. The Hall–Kier alpha value is -4.09. The molecule has 0 saturated carbocycles. The number of fused-ring (bicyclic) bond motifs is 2. The zero-order chi connectivity index (χ0) is 24.4. The van der Waals surface area contributed by atoms with E-state index in [0.29, 0.717) is 34.1 Å². The second-order valence-corrected chi connectivity index (χ2v) is 8.75. The lowest BCUT2D eigenvalue weighted by Crippen LogP contribution is -2.30. The Balaban J connectivity index is 1.39. The van der Waals surface area contributed by atoms with Crippen molar-refractivity contribution < 1.29 is 14.3 Å². The van der Waals surface area contributed by atoms with Gasteiger partial charge < -0.3 is 15.0 Å². The van der Waals surface area contributed by atoms with Crippen molar-refractivity contribution in [1.82, 2.24) is 0 Å². The molecule has 4 aromatic carbocycles. The minimum Gasteiger partial charge on any atom is -0.497 e. The first-order valence-electron chi connectivity index (χ1n) is 11.2. The molecule has 0 fully saturated rings. The first-order chi connectivity index (χ1) is 17.0. The largest absolute Gasteiger partial charge is 0.497 e. The number of nitrogens with zero attached hydrogens (tertiary/aromatic N) is 1. The first kappa shape index (κ1) is 22.7. The molecule has 0 saturated heterocycles. The molecule has 174 valence electrons. The van der Waals surface area contributed by atoms with Gasteiger partial charge in [-0.05, 0) is 65.6 Å². The SMILES string of the molecule is COc1ccc(Cl)c(NC(=O)c2ccc(C(=O)N3Cc4ccccc4Cc4ccccc43)cc2)c1. The van der Waals surface area contributed by atoms with E-state index in [2.05, 4.69) is 23.5 Å². The van der Waals surface area contributed by atoms with Crippen LogP contribution in [0.1, 0.15) is 37.4 Å². The van der Waals surface area contributed by atoms with Gasteiger partial charge in [-0.2, -0.15) is 0 Å². The maximum atomic E-state index is 13.6. The van der Waals surface area contributed by atoms with Crippen LogP contribution in [0.3, 0.4) is 0 Å². The van der Waals surface area contributed by atoms with Crippen molar-refractivity contribution in [3.8, 4) is 5.75 Å². The molecule has 1 N–H and O–H groups in total. The van der Waals surface area contributed by atoms with Crippen LogP contribution in [-0.4, -0.2) is 18.9 Å². The maximum absolute atomic E-state index is 13.6. The van der Waals surface area contributed by atoms with Gasteiger partial charge in [0.15, 0.2) is 0 Å². The molecule has 0 unspecified atom stereocenters. The van der Waals surface area contributed by atoms with Gasteiger partial charge in [0, 0.05) is 22.9 Å². The molecule has 0 aliphatic carbocycles. The molecular weight excluding hydrogens is 460 g/mol. The molecular formula is C29H23ClN2O3. The van der Waals surface area contributed by atoms with E-state index in [1.54, 1.807) is 49.6 Å². The van der Waals surface area contributed by atoms with E-state index < -0.39 is 0 Å². The highest BCUT2D eigenvalue weighted by Crippen LogP contribution is 2.32. The third-order valence-corrected chi connectivity index (χ3v) is 6.50. The van der Waals surface area contributed by atoms with Gasteiger partial charge in [0.2, 0.25) is 0 Å². The molecule has 35 heavy (non-hydrogen) atoms. The lowest BCUT2D eigenvalue weighted by atomic mass is 10.0. The van der Waals surface area contributed by atoms with Crippen molar-refractivity contribution in [2.24, 2.45) is 0 Å². The monoisotopic (exact) mass is 482 g/mol. The first-order valence-corrected chi connectivity index (χ1v) is 11.6. The van der Waals surface area contributed by atoms with Gasteiger partial charge in [-0.1, -0.05) is 54.1 Å². The van der Waals surface area contributed by atoms with Crippen LogP contribution in [0.25, 0.3) is 0 Å². The van der Waals surface area contributed by atoms with E-state index in [1.807, 2.05) is 35.2 Å². The summed E-state index contributed by atoms with van der Waals surface area (Å²) in [5.74, 6) is 0.148. The molecule has 2 amide bonds. The minimum atomic E-state index is -0.326. The standard InChI is InChI=1S/C29H23ClN2O3/c1-35-24-14-15-25(30)26(17-24)31-28(33)19-10-12-20(13-11-19)29(34)32-18-23-8-3-2-6-21(23)16-22-7-4-5-9-27(22)32/h2-15,17H,16,18H2,1H3,(H,31,33). The number of rotatable bonds is 4. The van der Waals surface area contributed by atoms with E-state index in [1.165, 1.54) is 5.56 Å². The molecule has 0 bridgehead atoms. The third kappa shape index (κ3) is 4.63. The summed E-state index contributed by atoms with van der Waals surface area (Å²) >= 11 is 6.21. The molecule has 5 nitrogen and oxygen atoms in total.